The molecule has 94 valence electrons. The molecule has 0 saturated heterocycles. The number of hydrogen-bond acceptors (Lipinski definition) is 5. The minimum absolute atomic E-state index is 0.390. The molecule has 1 aromatic rings. The van der Waals surface area contributed by atoms with Crippen LogP contribution in [0.3, 0.4) is 0 Å². The lowest BCUT2D eigenvalue weighted by molar-refractivity contribution is 0.0600. The summed E-state index contributed by atoms with van der Waals surface area (Å²) >= 11 is 1.77. The highest BCUT2D eigenvalue weighted by atomic mass is 32.2. The van der Waals surface area contributed by atoms with Crippen molar-refractivity contribution in [2.24, 2.45) is 0 Å². The first kappa shape index (κ1) is 13.7. The second-order valence-corrected chi connectivity index (χ2v) is 4.42. The summed E-state index contributed by atoms with van der Waals surface area (Å²) in [4.78, 5) is 11.3. The third-order valence-corrected chi connectivity index (χ3v) is 2.88. The van der Waals surface area contributed by atoms with E-state index in [1.807, 2.05) is 6.26 Å². The number of nitrogen functional groups attached to an aromatic ring is 1. The molecular weight excluding hydrogens is 238 g/mol. The Hall–Kier alpha value is -1.36. The van der Waals surface area contributed by atoms with Crippen LogP contribution >= 0.6 is 11.8 Å². The van der Waals surface area contributed by atoms with Crippen molar-refractivity contribution in [3.63, 3.8) is 0 Å². The van der Waals surface area contributed by atoms with Crippen LogP contribution in [-0.4, -0.2) is 31.7 Å². The molecule has 17 heavy (non-hydrogen) atoms. The molecule has 2 N–H and O–H groups in total. The zero-order valence-corrected chi connectivity index (χ0v) is 10.9. The van der Waals surface area contributed by atoms with Gasteiger partial charge in [0.05, 0.1) is 25.0 Å². The monoisotopic (exact) mass is 255 g/mol. The van der Waals surface area contributed by atoms with Crippen molar-refractivity contribution in [3.8, 4) is 5.75 Å². The maximum atomic E-state index is 11.3. The first-order chi connectivity index (χ1) is 8.19. The number of carbonyl (C=O) groups is 1. The summed E-state index contributed by atoms with van der Waals surface area (Å²) in [6.45, 7) is 0.593. The lowest BCUT2D eigenvalue weighted by Crippen LogP contribution is -2.05. The third kappa shape index (κ3) is 4.19. The highest BCUT2D eigenvalue weighted by Gasteiger charge is 2.09. The van der Waals surface area contributed by atoms with Crippen molar-refractivity contribution in [2.45, 2.75) is 6.42 Å². The fraction of sp³-hybridized carbons (Fsp3) is 0.417. The molecule has 4 nitrogen and oxygen atoms in total. The fourth-order valence-electron chi connectivity index (χ4n) is 1.29. The maximum Gasteiger partial charge on any atom is 0.337 e. The average molecular weight is 255 g/mol. The number of esters is 1. The topological polar surface area (TPSA) is 61.5 Å². The Labute approximate surface area is 105 Å². The first-order valence-corrected chi connectivity index (χ1v) is 6.68. The zero-order valence-electron chi connectivity index (χ0n) is 10.1. The summed E-state index contributed by atoms with van der Waals surface area (Å²) in [5.41, 5.74) is 6.74. The van der Waals surface area contributed by atoms with E-state index in [4.69, 9.17) is 10.5 Å². The Balaban J connectivity index is 2.66. The molecule has 5 heteroatoms. The molecule has 0 bridgehead atoms. The van der Waals surface area contributed by atoms with Gasteiger partial charge in [0.1, 0.15) is 5.75 Å². The molecule has 0 heterocycles. The minimum atomic E-state index is -0.390. The van der Waals surface area contributed by atoms with Gasteiger partial charge in [-0.15, -0.1) is 0 Å². The van der Waals surface area contributed by atoms with Crippen LogP contribution in [0.25, 0.3) is 0 Å². The summed E-state index contributed by atoms with van der Waals surface area (Å²) in [6, 6.07) is 4.88. The molecule has 0 aliphatic rings. The predicted molar refractivity (Wildman–Crippen MR) is 70.7 cm³/mol. The molecule has 0 atom stereocenters. The molecule has 1 aromatic carbocycles. The molecule has 0 saturated carbocycles. The van der Waals surface area contributed by atoms with Gasteiger partial charge in [-0.2, -0.15) is 11.8 Å². The van der Waals surface area contributed by atoms with Crippen molar-refractivity contribution in [1.29, 1.82) is 0 Å². The van der Waals surface area contributed by atoms with Gasteiger partial charge in [-0.05, 0) is 36.6 Å². The maximum absolute atomic E-state index is 11.3. The molecule has 0 amide bonds. The Kier molecular flexibility index (Phi) is 5.69. The van der Waals surface area contributed by atoms with Gasteiger partial charge in [-0.25, -0.2) is 4.79 Å². The van der Waals surface area contributed by atoms with Crippen molar-refractivity contribution in [2.75, 3.05) is 31.5 Å². The van der Waals surface area contributed by atoms with E-state index in [0.717, 1.165) is 12.2 Å². The van der Waals surface area contributed by atoms with Gasteiger partial charge in [0.15, 0.2) is 0 Å². The fourth-order valence-corrected chi connectivity index (χ4v) is 1.70. The number of ether oxygens (including phenoxy) is 2. The lowest BCUT2D eigenvalue weighted by atomic mass is 10.2. The van der Waals surface area contributed by atoms with E-state index < -0.39 is 0 Å². The first-order valence-electron chi connectivity index (χ1n) is 5.28. The number of thioether (sulfide) groups is 1. The second-order valence-electron chi connectivity index (χ2n) is 3.44. The number of hydrogen-bond donors (Lipinski definition) is 1. The van der Waals surface area contributed by atoms with E-state index >= 15 is 0 Å². The number of rotatable bonds is 6. The van der Waals surface area contributed by atoms with E-state index in [9.17, 15) is 4.79 Å². The van der Waals surface area contributed by atoms with Crippen LogP contribution in [0.2, 0.25) is 0 Å². The van der Waals surface area contributed by atoms with Gasteiger partial charge in [-0.3, -0.25) is 0 Å². The quantitative estimate of drug-likeness (QED) is 0.479. The Morgan fingerprint density at radius 1 is 1.47 bits per heavy atom. The smallest absolute Gasteiger partial charge is 0.337 e. The van der Waals surface area contributed by atoms with Crippen LogP contribution in [-0.2, 0) is 4.74 Å². The Bertz CT molecular complexity index is 382. The van der Waals surface area contributed by atoms with E-state index in [1.54, 1.807) is 30.0 Å². The summed E-state index contributed by atoms with van der Waals surface area (Å²) in [6.07, 6.45) is 3.00. The largest absolute Gasteiger partial charge is 0.491 e. The van der Waals surface area contributed by atoms with Crippen molar-refractivity contribution in [1.82, 2.24) is 0 Å². The van der Waals surface area contributed by atoms with E-state index in [2.05, 4.69) is 4.74 Å². The molecule has 0 spiro atoms. The van der Waals surface area contributed by atoms with Gasteiger partial charge in [0.25, 0.3) is 0 Å². The van der Waals surface area contributed by atoms with Gasteiger partial charge in [0.2, 0.25) is 0 Å². The van der Waals surface area contributed by atoms with Crippen molar-refractivity contribution < 1.29 is 14.3 Å². The van der Waals surface area contributed by atoms with E-state index in [0.29, 0.717) is 23.6 Å². The highest BCUT2D eigenvalue weighted by molar-refractivity contribution is 7.98. The van der Waals surface area contributed by atoms with Crippen LogP contribution in [0.1, 0.15) is 16.8 Å². The zero-order chi connectivity index (χ0) is 12.7. The summed E-state index contributed by atoms with van der Waals surface area (Å²) in [5, 5.41) is 0. The van der Waals surface area contributed by atoms with Crippen LogP contribution < -0.4 is 10.5 Å². The van der Waals surface area contributed by atoms with Gasteiger partial charge in [-0.1, -0.05) is 0 Å². The lowest BCUT2D eigenvalue weighted by Gasteiger charge is -2.09. The molecule has 0 aliphatic carbocycles. The van der Waals surface area contributed by atoms with Crippen LogP contribution in [0.15, 0.2) is 18.2 Å². The molecular formula is C12H17NO3S. The molecule has 1 rings (SSSR count). The summed E-state index contributed by atoms with van der Waals surface area (Å²) in [7, 11) is 1.34. The summed E-state index contributed by atoms with van der Waals surface area (Å²) < 4.78 is 10.2. The SMILES string of the molecule is COC(=O)c1ccc(N)c(OCCCSC)c1. The minimum Gasteiger partial charge on any atom is -0.491 e. The average Bonchev–Trinajstić information content (AvgIpc) is 2.35. The van der Waals surface area contributed by atoms with E-state index in [1.165, 1.54) is 7.11 Å². The molecule has 0 aromatic heterocycles. The standard InChI is InChI=1S/C12H17NO3S/c1-15-12(14)9-4-5-10(13)11(8-9)16-6-3-7-17-2/h4-5,8H,3,6-7,13H2,1-2H3. The highest BCUT2D eigenvalue weighted by Crippen LogP contribution is 2.23. The summed E-state index contributed by atoms with van der Waals surface area (Å²) in [5.74, 6) is 1.18. The number of benzene rings is 1. The number of carbonyl (C=O) groups excluding carboxylic acids is 1. The van der Waals surface area contributed by atoms with Crippen molar-refractivity contribution in [3.05, 3.63) is 23.8 Å². The number of methoxy groups -OCH3 is 1. The van der Waals surface area contributed by atoms with Gasteiger partial charge >= 0.3 is 5.97 Å². The van der Waals surface area contributed by atoms with Gasteiger partial charge in [0, 0.05) is 0 Å². The Morgan fingerprint density at radius 3 is 2.88 bits per heavy atom. The van der Waals surface area contributed by atoms with Crippen LogP contribution in [0.4, 0.5) is 5.69 Å². The second kappa shape index (κ2) is 7.06. The predicted octanol–water partition coefficient (Wildman–Crippen LogP) is 2.19. The van der Waals surface area contributed by atoms with E-state index in [-0.39, 0.29) is 5.97 Å². The third-order valence-electron chi connectivity index (χ3n) is 2.19. The molecule has 0 aliphatic heterocycles. The number of anilines is 1. The Morgan fingerprint density at radius 2 is 2.24 bits per heavy atom. The molecule has 0 radical (unpaired) electrons. The normalized spacial score (nSPS) is 10.0. The number of nitrogens with two attached hydrogens (primary N) is 1. The molecule has 0 unspecified atom stereocenters. The van der Waals surface area contributed by atoms with Crippen LogP contribution in [0, 0.1) is 0 Å². The van der Waals surface area contributed by atoms with Crippen LogP contribution in [0.5, 0.6) is 5.75 Å². The molecule has 0 fully saturated rings. The van der Waals surface area contributed by atoms with Crippen molar-refractivity contribution >= 4 is 23.4 Å². The van der Waals surface area contributed by atoms with Gasteiger partial charge < -0.3 is 15.2 Å².